The Morgan fingerprint density at radius 1 is 0.833 bits per heavy atom. The van der Waals surface area contributed by atoms with E-state index in [1.54, 1.807) is 27.2 Å². The van der Waals surface area contributed by atoms with Crippen molar-refractivity contribution < 1.29 is 48.6 Å². The molecule has 2 aliphatic heterocycles. The van der Waals surface area contributed by atoms with E-state index in [1.807, 2.05) is 6.92 Å². The van der Waals surface area contributed by atoms with Crippen molar-refractivity contribution in [3.63, 3.8) is 0 Å². The Kier molecular flexibility index (Phi) is 11.6. The van der Waals surface area contributed by atoms with Crippen LogP contribution in [0.15, 0.2) is 59.7 Å². The third kappa shape index (κ3) is 9.12. The zero-order chi connectivity index (χ0) is 39.7. The van der Waals surface area contributed by atoms with E-state index in [1.165, 1.54) is 38.3 Å². The Bertz CT molecular complexity index is 1850. The van der Waals surface area contributed by atoms with Gasteiger partial charge in [0.1, 0.15) is 23.7 Å². The summed E-state index contributed by atoms with van der Waals surface area (Å²) in [5, 5.41) is 17.7. The molecule has 0 amide bonds. The van der Waals surface area contributed by atoms with E-state index in [-0.39, 0.29) is 47.1 Å². The Morgan fingerprint density at radius 3 is 1.94 bits per heavy atom. The molecule has 2 aliphatic rings. The second-order valence-corrected chi connectivity index (χ2v) is 13.1. The number of hydrazine groups is 2. The van der Waals surface area contributed by atoms with E-state index in [2.05, 4.69) is 10.0 Å². The Labute approximate surface area is 305 Å². The van der Waals surface area contributed by atoms with Gasteiger partial charge in [-0.15, -0.1) is 10.2 Å². The Hall–Kier alpha value is -4.76. The summed E-state index contributed by atoms with van der Waals surface area (Å²) in [5.74, 6) is -0.398. The molecule has 3 aromatic carbocycles. The third-order valence-electron chi connectivity index (χ3n) is 9.54. The molecule has 5 rings (SSSR count). The number of hydrazone groups is 1. The van der Waals surface area contributed by atoms with Crippen LogP contribution in [0, 0.1) is 17.1 Å². The van der Waals surface area contributed by atoms with E-state index < -0.39 is 53.6 Å². The first-order valence-corrected chi connectivity index (χ1v) is 16.8. The SMILES string of the molecule is CCC(c1ccc(C(F)(F)F)cc1CN(Cc1cc(C(F)(F)F)cc(C(F)(F)F)c1)C1=NN(C)N(C)N1C)N1CCC(Oc2ccc(C#N)c(F)c2)CC1. The maximum absolute atomic E-state index is 14.2. The molecule has 0 radical (unpaired) electrons. The van der Waals surface area contributed by atoms with Gasteiger partial charge in [0.25, 0.3) is 0 Å². The maximum Gasteiger partial charge on any atom is 0.416 e. The van der Waals surface area contributed by atoms with Crippen LogP contribution in [0.4, 0.5) is 43.9 Å². The molecule has 8 nitrogen and oxygen atoms in total. The van der Waals surface area contributed by atoms with Crippen LogP contribution in [0.5, 0.6) is 5.75 Å². The number of rotatable bonds is 9. The number of halogens is 10. The topological polar surface area (TPSA) is 61.6 Å². The summed E-state index contributed by atoms with van der Waals surface area (Å²) in [7, 11) is 4.68. The van der Waals surface area contributed by atoms with Crippen LogP contribution in [0.3, 0.4) is 0 Å². The van der Waals surface area contributed by atoms with Crippen molar-refractivity contribution >= 4 is 5.96 Å². The zero-order valence-electron chi connectivity index (χ0n) is 29.6. The highest BCUT2D eigenvalue weighted by atomic mass is 19.4. The fraction of sp³-hybridized carbons (Fsp3) is 0.444. The molecule has 0 saturated carbocycles. The first kappa shape index (κ1) is 40.4. The predicted molar refractivity (Wildman–Crippen MR) is 177 cm³/mol. The van der Waals surface area contributed by atoms with Crippen molar-refractivity contribution in [2.24, 2.45) is 5.10 Å². The molecule has 0 bridgehead atoms. The van der Waals surface area contributed by atoms with Gasteiger partial charge in [0.05, 0.1) is 22.3 Å². The molecule has 18 heteroatoms. The maximum atomic E-state index is 14.2. The second kappa shape index (κ2) is 15.5. The van der Waals surface area contributed by atoms with Crippen molar-refractivity contribution in [3.05, 3.63) is 99.4 Å². The van der Waals surface area contributed by atoms with Crippen molar-refractivity contribution in [1.29, 1.82) is 5.26 Å². The number of guanidine groups is 1. The number of likely N-dealkylation sites (tertiary alicyclic amines) is 1. The first-order valence-electron chi connectivity index (χ1n) is 16.8. The normalized spacial score (nSPS) is 17.1. The zero-order valence-corrected chi connectivity index (χ0v) is 29.6. The van der Waals surface area contributed by atoms with Gasteiger partial charge < -0.3 is 9.64 Å². The standard InChI is InChI=1S/C36H37F10N7O/c1-5-32(52-12-10-28(11-13-52)54-29-8-6-23(19-47)31(37)18-29)30-9-7-25(34(38,39)40)16-24(30)21-53(33-48-50(3)51(4)49(33)2)20-22-14-26(35(41,42)43)17-27(15-22)36(44,45)46/h6-9,14-18,28,32H,5,10-13,20-21H2,1-4H3. The van der Waals surface area contributed by atoms with Gasteiger partial charge >= 0.3 is 18.5 Å². The summed E-state index contributed by atoms with van der Waals surface area (Å²) in [6.45, 7) is 1.82. The average Bonchev–Trinajstić information content (AvgIpc) is 3.35. The first-order chi connectivity index (χ1) is 25.2. The molecule has 292 valence electrons. The lowest BCUT2D eigenvalue weighted by Crippen LogP contribution is -2.46. The monoisotopic (exact) mass is 773 g/mol. The summed E-state index contributed by atoms with van der Waals surface area (Å²) in [6, 6.07) is 9.71. The van der Waals surface area contributed by atoms with E-state index in [0.717, 1.165) is 18.2 Å². The predicted octanol–water partition coefficient (Wildman–Crippen LogP) is 8.66. The van der Waals surface area contributed by atoms with Crippen LogP contribution in [0.2, 0.25) is 0 Å². The molecular weight excluding hydrogens is 736 g/mol. The van der Waals surface area contributed by atoms with Crippen molar-refractivity contribution in [2.75, 3.05) is 34.2 Å². The summed E-state index contributed by atoms with van der Waals surface area (Å²) in [5.41, 5.74) is -3.88. The number of ether oxygens (including phenoxy) is 1. The molecule has 1 unspecified atom stereocenters. The lowest BCUT2D eigenvalue weighted by Gasteiger charge is -2.39. The van der Waals surface area contributed by atoms with Gasteiger partial charge in [-0.3, -0.25) is 9.91 Å². The minimum atomic E-state index is -5.11. The summed E-state index contributed by atoms with van der Waals surface area (Å²) in [6.07, 6.45) is -13.9. The molecule has 0 aliphatic carbocycles. The van der Waals surface area contributed by atoms with E-state index >= 15 is 0 Å². The van der Waals surface area contributed by atoms with Crippen LogP contribution < -0.4 is 4.74 Å². The summed E-state index contributed by atoms with van der Waals surface area (Å²) in [4.78, 5) is 3.41. The Balaban J connectivity index is 1.49. The molecule has 0 spiro atoms. The smallest absolute Gasteiger partial charge is 0.416 e. The highest BCUT2D eigenvalue weighted by Crippen LogP contribution is 2.39. The third-order valence-corrected chi connectivity index (χ3v) is 9.54. The molecule has 1 fully saturated rings. The highest BCUT2D eigenvalue weighted by Gasteiger charge is 2.39. The fourth-order valence-electron chi connectivity index (χ4n) is 6.66. The molecule has 3 aromatic rings. The van der Waals surface area contributed by atoms with Crippen molar-refractivity contribution in [1.82, 2.24) is 25.0 Å². The van der Waals surface area contributed by atoms with Gasteiger partial charge in [-0.25, -0.2) is 9.51 Å². The highest BCUT2D eigenvalue weighted by molar-refractivity contribution is 5.80. The lowest BCUT2D eigenvalue weighted by atomic mass is 9.92. The molecule has 1 saturated heterocycles. The van der Waals surface area contributed by atoms with Crippen molar-refractivity contribution in [3.8, 4) is 11.8 Å². The summed E-state index contributed by atoms with van der Waals surface area (Å²) >= 11 is 0. The van der Waals surface area contributed by atoms with Crippen LogP contribution >= 0.6 is 0 Å². The van der Waals surface area contributed by atoms with Gasteiger partial charge in [0.2, 0.25) is 5.96 Å². The van der Waals surface area contributed by atoms with Gasteiger partial charge in [0.15, 0.2) is 0 Å². The molecule has 0 N–H and O–H groups in total. The quantitative estimate of drug-likeness (QED) is 0.202. The number of hydrogen-bond donors (Lipinski definition) is 0. The fourth-order valence-corrected chi connectivity index (χ4v) is 6.66. The number of piperidine rings is 1. The molecular formula is C36H37F10N7O. The van der Waals surface area contributed by atoms with E-state index in [9.17, 15) is 43.9 Å². The summed E-state index contributed by atoms with van der Waals surface area (Å²) < 4.78 is 145. The minimum absolute atomic E-state index is 0.0161. The van der Waals surface area contributed by atoms with Crippen LogP contribution in [0.25, 0.3) is 0 Å². The minimum Gasteiger partial charge on any atom is -0.490 e. The van der Waals surface area contributed by atoms with Crippen LogP contribution in [-0.2, 0) is 31.6 Å². The molecule has 2 heterocycles. The van der Waals surface area contributed by atoms with Crippen LogP contribution in [0.1, 0.15) is 71.2 Å². The molecule has 0 aromatic heterocycles. The van der Waals surface area contributed by atoms with E-state index in [0.29, 0.717) is 50.0 Å². The lowest BCUT2D eigenvalue weighted by molar-refractivity contribution is -0.143. The number of nitrogens with zero attached hydrogens (tertiary/aromatic N) is 7. The van der Waals surface area contributed by atoms with Crippen LogP contribution in [-0.4, -0.2) is 71.3 Å². The second-order valence-electron chi connectivity index (χ2n) is 13.1. The number of hydrogen-bond acceptors (Lipinski definition) is 8. The van der Waals surface area contributed by atoms with Gasteiger partial charge in [-0.2, -0.15) is 44.8 Å². The Morgan fingerprint density at radius 2 is 1.44 bits per heavy atom. The van der Waals surface area contributed by atoms with Gasteiger partial charge in [-0.1, -0.05) is 13.0 Å². The van der Waals surface area contributed by atoms with Gasteiger partial charge in [-0.05, 0) is 78.4 Å². The van der Waals surface area contributed by atoms with E-state index in [4.69, 9.17) is 10.00 Å². The number of nitriles is 1. The van der Waals surface area contributed by atoms with Gasteiger partial charge in [0, 0.05) is 59.4 Å². The average molecular weight is 774 g/mol. The number of alkyl halides is 9. The molecule has 1 atom stereocenters. The molecule has 54 heavy (non-hydrogen) atoms. The van der Waals surface area contributed by atoms with Crippen molar-refractivity contribution in [2.45, 2.75) is 70.0 Å². The largest absolute Gasteiger partial charge is 0.490 e. The number of benzene rings is 3.